The number of nitrogens with zero attached hydrogens (tertiary/aromatic N) is 2. The molecule has 0 radical (unpaired) electrons. The van der Waals surface area contributed by atoms with Crippen LogP contribution in [0.25, 0.3) is 11.0 Å². The number of ether oxygens (including phenoxy) is 3. The smallest absolute Gasteiger partial charge is 0.338 e. The molecule has 8 heteroatoms. The van der Waals surface area contributed by atoms with Crippen LogP contribution >= 0.6 is 0 Å². The fourth-order valence-electron chi connectivity index (χ4n) is 2.74. The van der Waals surface area contributed by atoms with E-state index in [1.54, 1.807) is 48.8 Å². The van der Waals surface area contributed by atoms with Gasteiger partial charge in [0, 0.05) is 24.1 Å². The quantitative estimate of drug-likeness (QED) is 0.696. The minimum absolute atomic E-state index is 0.298. The number of nitrogens with one attached hydrogen (secondary N) is 1. The molecular formula is C20H17N3O5. The van der Waals surface area contributed by atoms with E-state index in [0.717, 1.165) is 0 Å². The van der Waals surface area contributed by atoms with Crippen molar-refractivity contribution in [2.45, 2.75) is 13.0 Å². The molecule has 1 N–H and O–H groups in total. The number of hydrogen-bond donors (Lipinski definition) is 1. The summed E-state index contributed by atoms with van der Waals surface area (Å²) in [5, 5.41) is 2.70. The van der Waals surface area contributed by atoms with E-state index in [1.165, 1.54) is 6.92 Å². The maximum absolute atomic E-state index is 12.4. The van der Waals surface area contributed by atoms with Gasteiger partial charge in [0.15, 0.2) is 17.6 Å². The van der Waals surface area contributed by atoms with Gasteiger partial charge in [0.25, 0.3) is 5.91 Å². The zero-order valence-electron chi connectivity index (χ0n) is 15.0. The number of carbonyl (C=O) groups is 2. The molecule has 8 nitrogen and oxygen atoms in total. The van der Waals surface area contributed by atoms with Crippen LogP contribution in [0.4, 0.5) is 5.69 Å². The predicted octanol–water partition coefficient (Wildman–Crippen LogP) is 2.58. The Balaban J connectivity index is 1.41. The molecule has 28 heavy (non-hydrogen) atoms. The van der Waals surface area contributed by atoms with Gasteiger partial charge in [0.1, 0.15) is 13.2 Å². The molecule has 0 aliphatic carbocycles. The van der Waals surface area contributed by atoms with Crippen molar-refractivity contribution in [1.29, 1.82) is 0 Å². The predicted molar refractivity (Wildman–Crippen MR) is 100 cm³/mol. The number of fused-ring (bicyclic) bond motifs is 2. The van der Waals surface area contributed by atoms with E-state index in [9.17, 15) is 9.59 Å². The average Bonchev–Trinajstić information content (AvgIpc) is 2.73. The molecule has 1 amide bonds. The molecule has 0 bridgehead atoms. The monoisotopic (exact) mass is 379 g/mol. The van der Waals surface area contributed by atoms with Crippen molar-refractivity contribution in [1.82, 2.24) is 9.97 Å². The van der Waals surface area contributed by atoms with E-state index in [4.69, 9.17) is 14.2 Å². The second-order valence-corrected chi connectivity index (χ2v) is 6.16. The molecule has 3 aromatic rings. The number of esters is 1. The van der Waals surface area contributed by atoms with Crippen LogP contribution < -0.4 is 14.8 Å². The van der Waals surface area contributed by atoms with Crippen molar-refractivity contribution in [2.24, 2.45) is 0 Å². The zero-order valence-corrected chi connectivity index (χ0v) is 15.0. The highest BCUT2D eigenvalue weighted by Gasteiger charge is 2.20. The Morgan fingerprint density at radius 2 is 1.75 bits per heavy atom. The fraction of sp³-hybridized carbons (Fsp3) is 0.200. The van der Waals surface area contributed by atoms with Gasteiger partial charge in [-0.1, -0.05) is 0 Å². The van der Waals surface area contributed by atoms with Crippen LogP contribution in [0.5, 0.6) is 11.5 Å². The fourth-order valence-corrected chi connectivity index (χ4v) is 2.74. The van der Waals surface area contributed by atoms with Crippen LogP contribution in [0.1, 0.15) is 17.3 Å². The van der Waals surface area contributed by atoms with Crippen LogP contribution in [-0.4, -0.2) is 41.2 Å². The van der Waals surface area contributed by atoms with Crippen LogP contribution in [-0.2, 0) is 9.53 Å². The summed E-state index contributed by atoms with van der Waals surface area (Å²) in [7, 11) is 0. The largest absolute Gasteiger partial charge is 0.486 e. The Labute approximate surface area is 160 Å². The summed E-state index contributed by atoms with van der Waals surface area (Å²) in [4.78, 5) is 33.0. The molecule has 2 heterocycles. The lowest BCUT2D eigenvalue weighted by atomic mass is 10.2. The first-order chi connectivity index (χ1) is 13.6. The molecule has 1 aliphatic rings. The topological polar surface area (TPSA) is 99.6 Å². The van der Waals surface area contributed by atoms with Gasteiger partial charge in [-0.05, 0) is 37.3 Å². The Bertz CT molecular complexity index is 1050. The van der Waals surface area contributed by atoms with Crippen molar-refractivity contribution in [2.75, 3.05) is 18.5 Å². The Kier molecular flexibility index (Phi) is 4.76. The van der Waals surface area contributed by atoms with Crippen molar-refractivity contribution < 1.29 is 23.8 Å². The maximum atomic E-state index is 12.4. The van der Waals surface area contributed by atoms with Gasteiger partial charge in [-0.2, -0.15) is 0 Å². The average molecular weight is 379 g/mol. The first-order valence-electron chi connectivity index (χ1n) is 8.72. The van der Waals surface area contributed by atoms with Gasteiger partial charge in [-0.15, -0.1) is 0 Å². The van der Waals surface area contributed by atoms with Crippen LogP contribution in [0, 0.1) is 0 Å². The van der Waals surface area contributed by atoms with Crippen LogP contribution in [0.3, 0.4) is 0 Å². The van der Waals surface area contributed by atoms with Crippen molar-refractivity contribution in [3.63, 3.8) is 0 Å². The normalized spacial score (nSPS) is 13.6. The van der Waals surface area contributed by atoms with Crippen molar-refractivity contribution in [3.8, 4) is 11.5 Å². The molecule has 0 saturated heterocycles. The summed E-state index contributed by atoms with van der Waals surface area (Å²) in [6.45, 7) is 2.45. The van der Waals surface area contributed by atoms with Crippen molar-refractivity contribution >= 4 is 28.6 Å². The molecule has 0 spiro atoms. The lowest BCUT2D eigenvalue weighted by molar-refractivity contribution is -0.123. The molecular weight excluding hydrogens is 362 g/mol. The van der Waals surface area contributed by atoms with E-state index >= 15 is 0 Å². The lowest BCUT2D eigenvalue weighted by Crippen LogP contribution is -2.30. The van der Waals surface area contributed by atoms with Gasteiger partial charge in [-0.25, -0.2) is 4.79 Å². The summed E-state index contributed by atoms with van der Waals surface area (Å²) in [5.41, 5.74) is 2.07. The highest BCUT2D eigenvalue weighted by molar-refractivity contribution is 5.98. The number of anilines is 1. The number of amides is 1. The molecule has 2 aromatic carbocycles. The van der Waals surface area contributed by atoms with Crippen LogP contribution in [0.2, 0.25) is 0 Å². The summed E-state index contributed by atoms with van der Waals surface area (Å²) < 4.78 is 16.2. The van der Waals surface area contributed by atoms with E-state index in [1.807, 2.05) is 0 Å². The summed E-state index contributed by atoms with van der Waals surface area (Å²) >= 11 is 0. The standard InChI is InChI=1S/C20H17N3O5/c1-12(19(24)23-14-3-5-17-18(11-14)27-9-8-26-17)28-20(25)13-2-4-15-16(10-13)22-7-6-21-15/h2-7,10-12H,8-9H2,1H3,(H,23,24)/t12-/m1/s1. The minimum atomic E-state index is -0.988. The van der Waals surface area contributed by atoms with Gasteiger partial charge in [0.2, 0.25) is 0 Å². The lowest BCUT2D eigenvalue weighted by Gasteiger charge is -2.19. The second-order valence-electron chi connectivity index (χ2n) is 6.16. The van der Waals surface area contributed by atoms with Crippen LogP contribution in [0.15, 0.2) is 48.8 Å². The van der Waals surface area contributed by atoms with Gasteiger partial charge in [0.05, 0.1) is 16.6 Å². The number of carbonyl (C=O) groups excluding carboxylic acids is 2. The molecule has 0 saturated carbocycles. The molecule has 4 rings (SSSR count). The van der Waals surface area contributed by atoms with Crippen molar-refractivity contribution in [3.05, 3.63) is 54.4 Å². The second kappa shape index (κ2) is 7.51. The minimum Gasteiger partial charge on any atom is -0.486 e. The first-order valence-corrected chi connectivity index (χ1v) is 8.72. The van der Waals surface area contributed by atoms with E-state index in [0.29, 0.717) is 47.0 Å². The van der Waals surface area contributed by atoms with E-state index in [2.05, 4.69) is 15.3 Å². The molecule has 1 aromatic heterocycles. The summed E-state index contributed by atoms with van der Waals surface area (Å²) in [6, 6.07) is 9.93. The number of benzene rings is 2. The molecule has 142 valence electrons. The Hall–Kier alpha value is -3.68. The van der Waals surface area contributed by atoms with Gasteiger partial charge >= 0.3 is 5.97 Å². The van der Waals surface area contributed by atoms with Gasteiger partial charge < -0.3 is 19.5 Å². The summed E-state index contributed by atoms with van der Waals surface area (Å²) in [5.74, 6) is 0.122. The maximum Gasteiger partial charge on any atom is 0.338 e. The highest BCUT2D eigenvalue weighted by atomic mass is 16.6. The Morgan fingerprint density at radius 3 is 2.57 bits per heavy atom. The molecule has 0 fully saturated rings. The third-order valence-electron chi connectivity index (χ3n) is 4.17. The number of rotatable bonds is 4. The molecule has 0 unspecified atom stereocenters. The molecule has 1 aliphatic heterocycles. The highest BCUT2D eigenvalue weighted by Crippen LogP contribution is 2.32. The SMILES string of the molecule is C[C@@H](OC(=O)c1ccc2nccnc2c1)C(=O)Nc1ccc2c(c1)OCCO2. The number of aromatic nitrogens is 2. The third-order valence-corrected chi connectivity index (χ3v) is 4.17. The van der Waals surface area contributed by atoms with E-state index in [-0.39, 0.29) is 0 Å². The zero-order chi connectivity index (χ0) is 19.5. The summed E-state index contributed by atoms with van der Waals surface area (Å²) in [6.07, 6.45) is 2.13. The third kappa shape index (κ3) is 3.71. The number of hydrogen-bond acceptors (Lipinski definition) is 7. The Morgan fingerprint density at radius 1 is 1.00 bits per heavy atom. The van der Waals surface area contributed by atoms with Gasteiger partial charge in [-0.3, -0.25) is 14.8 Å². The first kappa shape index (κ1) is 17.7. The molecule has 1 atom stereocenters. The van der Waals surface area contributed by atoms with E-state index < -0.39 is 18.0 Å².